The van der Waals surface area contributed by atoms with Crippen molar-refractivity contribution in [2.75, 3.05) is 20.6 Å². The molecular weight excluding hydrogens is 348 g/mol. The van der Waals surface area contributed by atoms with Crippen molar-refractivity contribution in [1.82, 2.24) is 9.80 Å². The van der Waals surface area contributed by atoms with E-state index in [9.17, 15) is 9.90 Å². The topological polar surface area (TPSA) is 43.8 Å². The van der Waals surface area contributed by atoms with Crippen molar-refractivity contribution in [3.05, 3.63) is 71.3 Å². The zero-order valence-corrected chi connectivity index (χ0v) is 17.8. The predicted octanol–water partition coefficient (Wildman–Crippen LogP) is 4.64. The van der Waals surface area contributed by atoms with Gasteiger partial charge in [-0.05, 0) is 82.8 Å². The van der Waals surface area contributed by atoms with Gasteiger partial charge in [0.1, 0.15) is 5.75 Å². The van der Waals surface area contributed by atoms with E-state index >= 15 is 0 Å². The van der Waals surface area contributed by atoms with Crippen LogP contribution in [-0.4, -0.2) is 53.5 Å². The second-order valence-corrected chi connectivity index (χ2v) is 7.91. The van der Waals surface area contributed by atoms with Gasteiger partial charge in [-0.2, -0.15) is 0 Å². The summed E-state index contributed by atoms with van der Waals surface area (Å²) < 4.78 is 0. The highest BCUT2D eigenvalue weighted by molar-refractivity contribution is 5.95. The first kappa shape index (κ1) is 21.7. The first-order chi connectivity index (χ1) is 13.2. The molecule has 0 heterocycles. The molecular formula is C24H32N2O2. The minimum atomic E-state index is 0.0488. The maximum Gasteiger partial charge on any atom is 0.254 e. The molecule has 0 radical (unpaired) electrons. The summed E-state index contributed by atoms with van der Waals surface area (Å²) in [5.41, 5.74) is 3.69. The van der Waals surface area contributed by atoms with Gasteiger partial charge in [0.2, 0.25) is 0 Å². The number of likely N-dealkylation sites (N-methyl/N-ethyl adjacent to an activating group) is 1. The van der Waals surface area contributed by atoms with Crippen molar-refractivity contribution >= 4 is 11.5 Å². The number of carbonyl (C=O) groups is 1. The van der Waals surface area contributed by atoms with E-state index in [1.165, 1.54) is 0 Å². The van der Waals surface area contributed by atoms with E-state index in [0.717, 1.165) is 23.2 Å². The van der Waals surface area contributed by atoms with Crippen molar-refractivity contribution in [2.45, 2.75) is 39.8 Å². The summed E-state index contributed by atoms with van der Waals surface area (Å²) in [4.78, 5) is 16.9. The summed E-state index contributed by atoms with van der Waals surface area (Å²) >= 11 is 0. The molecule has 0 aliphatic heterocycles. The van der Waals surface area contributed by atoms with E-state index in [4.69, 9.17) is 0 Å². The van der Waals surface area contributed by atoms with E-state index in [2.05, 4.69) is 11.0 Å². The van der Waals surface area contributed by atoms with Gasteiger partial charge in [0.25, 0.3) is 5.91 Å². The van der Waals surface area contributed by atoms with Gasteiger partial charge < -0.3 is 14.9 Å². The van der Waals surface area contributed by atoms with Crippen LogP contribution in [0.5, 0.6) is 5.75 Å². The number of benzene rings is 2. The summed E-state index contributed by atoms with van der Waals surface area (Å²) in [6.07, 6.45) is 2.14. The molecule has 2 rings (SSSR count). The third-order valence-corrected chi connectivity index (χ3v) is 4.61. The smallest absolute Gasteiger partial charge is 0.254 e. The van der Waals surface area contributed by atoms with Crippen molar-refractivity contribution in [1.29, 1.82) is 0 Å². The lowest BCUT2D eigenvalue weighted by molar-refractivity contribution is 0.0643. The van der Waals surface area contributed by atoms with Crippen LogP contribution in [-0.2, 0) is 0 Å². The fourth-order valence-electron chi connectivity index (χ4n) is 3.36. The molecule has 0 saturated heterocycles. The van der Waals surface area contributed by atoms with Crippen molar-refractivity contribution in [3.8, 4) is 5.75 Å². The number of rotatable bonds is 7. The molecule has 28 heavy (non-hydrogen) atoms. The van der Waals surface area contributed by atoms with Gasteiger partial charge >= 0.3 is 0 Å². The highest BCUT2D eigenvalue weighted by Crippen LogP contribution is 2.27. The van der Waals surface area contributed by atoms with Crippen LogP contribution < -0.4 is 0 Å². The summed E-state index contributed by atoms with van der Waals surface area (Å²) in [6.45, 7) is 8.93. The highest BCUT2D eigenvalue weighted by atomic mass is 16.3. The van der Waals surface area contributed by atoms with Crippen LogP contribution >= 0.6 is 0 Å². The Morgan fingerprint density at radius 2 is 1.50 bits per heavy atom. The second kappa shape index (κ2) is 9.56. The molecule has 0 unspecified atom stereocenters. The lowest BCUT2D eigenvalue weighted by Gasteiger charge is -2.31. The second-order valence-electron chi connectivity index (χ2n) is 7.91. The Morgan fingerprint density at radius 1 is 0.929 bits per heavy atom. The average Bonchev–Trinajstić information content (AvgIpc) is 2.61. The largest absolute Gasteiger partial charge is 0.508 e. The molecule has 0 aliphatic carbocycles. The van der Waals surface area contributed by atoms with Crippen LogP contribution in [0, 0.1) is 0 Å². The van der Waals surface area contributed by atoms with Gasteiger partial charge in [0, 0.05) is 24.2 Å². The number of hydrogen-bond acceptors (Lipinski definition) is 3. The zero-order chi connectivity index (χ0) is 20.8. The fraction of sp³-hybridized carbons (Fsp3) is 0.375. The highest BCUT2D eigenvalue weighted by Gasteiger charge is 2.21. The minimum Gasteiger partial charge on any atom is -0.508 e. The number of phenols is 1. The first-order valence-electron chi connectivity index (χ1n) is 9.78. The summed E-state index contributed by atoms with van der Waals surface area (Å²) in [5, 5.41) is 9.88. The van der Waals surface area contributed by atoms with Gasteiger partial charge in [-0.15, -0.1) is 0 Å². The lowest BCUT2D eigenvalue weighted by Crippen LogP contribution is -2.42. The van der Waals surface area contributed by atoms with Gasteiger partial charge in [0.15, 0.2) is 0 Å². The first-order valence-corrected chi connectivity index (χ1v) is 9.78. The van der Waals surface area contributed by atoms with E-state index < -0.39 is 0 Å². The van der Waals surface area contributed by atoms with E-state index in [1.807, 2.05) is 83.1 Å². The molecule has 4 nitrogen and oxygen atoms in total. The number of nitrogens with zero attached hydrogens (tertiary/aromatic N) is 2. The Labute approximate surface area is 169 Å². The van der Waals surface area contributed by atoms with Crippen molar-refractivity contribution in [3.63, 3.8) is 0 Å². The molecule has 0 aromatic heterocycles. The molecule has 0 fully saturated rings. The molecule has 0 aliphatic rings. The summed E-state index contributed by atoms with van der Waals surface area (Å²) in [5.74, 6) is 0.289. The lowest BCUT2D eigenvalue weighted by atomic mass is 9.96. The molecule has 150 valence electrons. The SMILES string of the molecule is CC(C)N(C(=O)c1ccc(/C(=C\CN(C)C)c2cccc(O)c2)cc1)C(C)C. The van der Waals surface area contributed by atoms with Gasteiger partial charge in [0.05, 0.1) is 0 Å². The maximum absolute atomic E-state index is 12.9. The fourth-order valence-corrected chi connectivity index (χ4v) is 3.36. The van der Waals surface area contributed by atoms with Crippen LogP contribution in [0.1, 0.15) is 49.2 Å². The van der Waals surface area contributed by atoms with Gasteiger partial charge in [-0.25, -0.2) is 0 Å². The average molecular weight is 381 g/mol. The third-order valence-electron chi connectivity index (χ3n) is 4.61. The Balaban J connectivity index is 2.38. The molecule has 0 atom stereocenters. The molecule has 1 N–H and O–H groups in total. The number of hydrogen-bond donors (Lipinski definition) is 1. The van der Waals surface area contributed by atoms with Crippen LogP contribution in [0.2, 0.25) is 0 Å². The van der Waals surface area contributed by atoms with E-state index in [-0.39, 0.29) is 23.7 Å². The molecule has 4 heteroatoms. The third kappa shape index (κ3) is 5.46. The quantitative estimate of drug-likeness (QED) is 0.761. The maximum atomic E-state index is 12.9. The van der Waals surface area contributed by atoms with Crippen LogP contribution in [0.25, 0.3) is 5.57 Å². The van der Waals surface area contributed by atoms with E-state index in [0.29, 0.717) is 5.56 Å². The molecule has 0 saturated carbocycles. The van der Waals surface area contributed by atoms with Gasteiger partial charge in [-0.1, -0.05) is 30.3 Å². The standard InChI is InChI=1S/C24H32N2O2/c1-17(2)26(18(3)4)24(28)20-12-10-19(11-13-20)23(14-15-25(5)6)21-8-7-9-22(27)16-21/h7-14,16-18,27H,15H2,1-6H3/b23-14+. The Kier molecular flexibility index (Phi) is 7.41. The molecule has 2 aromatic rings. The van der Waals surface area contributed by atoms with Crippen LogP contribution in [0.3, 0.4) is 0 Å². The van der Waals surface area contributed by atoms with Crippen molar-refractivity contribution < 1.29 is 9.90 Å². The Bertz CT molecular complexity index is 813. The predicted molar refractivity (Wildman–Crippen MR) is 117 cm³/mol. The van der Waals surface area contributed by atoms with E-state index in [1.54, 1.807) is 12.1 Å². The van der Waals surface area contributed by atoms with Crippen LogP contribution in [0.15, 0.2) is 54.6 Å². The summed E-state index contributed by atoms with van der Waals surface area (Å²) in [6, 6.07) is 15.3. The molecule has 0 bridgehead atoms. The van der Waals surface area contributed by atoms with Gasteiger partial charge in [-0.3, -0.25) is 4.79 Å². The normalized spacial score (nSPS) is 12.1. The minimum absolute atomic E-state index is 0.0488. The Morgan fingerprint density at radius 3 is 2.00 bits per heavy atom. The number of carbonyl (C=O) groups excluding carboxylic acids is 1. The number of amides is 1. The van der Waals surface area contributed by atoms with Crippen molar-refractivity contribution in [2.24, 2.45) is 0 Å². The van der Waals surface area contributed by atoms with Crippen LogP contribution in [0.4, 0.5) is 0 Å². The molecule has 1 amide bonds. The number of phenolic OH excluding ortho intramolecular Hbond substituents is 1. The monoisotopic (exact) mass is 380 g/mol. The molecule has 2 aromatic carbocycles. The molecule has 0 spiro atoms. The number of aromatic hydroxyl groups is 1. The zero-order valence-electron chi connectivity index (χ0n) is 17.8. The summed E-state index contributed by atoms with van der Waals surface area (Å²) in [7, 11) is 4.04. The Hall–Kier alpha value is -2.59.